The molecule has 0 spiro atoms. The predicted molar refractivity (Wildman–Crippen MR) is 69.2 cm³/mol. The lowest BCUT2D eigenvalue weighted by atomic mass is 10.2. The SMILES string of the molecule is COC(=O)c1cc(SC(C)CCO)ccc1N. The van der Waals surface area contributed by atoms with Gasteiger partial charge < -0.3 is 15.6 Å². The van der Waals surface area contributed by atoms with Crippen molar-refractivity contribution < 1.29 is 14.6 Å². The largest absolute Gasteiger partial charge is 0.465 e. The summed E-state index contributed by atoms with van der Waals surface area (Å²) in [7, 11) is 1.33. The fourth-order valence-electron chi connectivity index (χ4n) is 1.37. The number of rotatable bonds is 5. The Kier molecular flexibility index (Phi) is 5.31. The average Bonchev–Trinajstić information content (AvgIpc) is 2.31. The lowest BCUT2D eigenvalue weighted by molar-refractivity contribution is 0.0601. The van der Waals surface area contributed by atoms with Gasteiger partial charge in [-0.1, -0.05) is 6.92 Å². The molecular weight excluding hydrogens is 238 g/mol. The van der Waals surface area contributed by atoms with Crippen LogP contribution in [0.2, 0.25) is 0 Å². The molecule has 4 nitrogen and oxygen atoms in total. The number of hydrogen-bond donors (Lipinski definition) is 2. The van der Waals surface area contributed by atoms with E-state index < -0.39 is 5.97 Å². The number of nitrogen functional groups attached to an aromatic ring is 1. The van der Waals surface area contributed by atoms with E-state index in [-0.39, 0.29) is 11.9 Å². The van der Waals surface area contributed by atoms with Crippen molar-refractivity contribution in [2.24, 2.45) is 0 Å². The highest BCUT2D eigenvalue weighted by molar-refractivity contribution is 7.99. The number of carbonyl (C=O) groups is 1. The summed E-state index contributed by atoms with van der Waals surface area (Å²) in [5.41, 5.74) is 6.50. The highest BCUT2D eigenvalue weighted by Gasteiger charge is 2.12. The predicted octanol–water partition coefficient (Wildman–Crippen LogP) is 1.92. The van der Waals surface area contributed by atoms with Crippen LogP contribution in [0.25, 0.3) is 0 Å². The van der Waals surface area contributed by atoms with Gasteiger partial charge in [0.05, 0.1) is 12.7 Å². The molecule has 0 saturated heterocycles. The molecule has 0 saturated carbocycles. The Balaban J connectivity index is 2.85. The van der Waals surface area contributed by atoms with Gasteiger partial charge in [-0.15, -0.1) is 11.8 Å². The molecule has 0 aliphatic carbocycles. The van der Waals surface area contributed by atoms with Crippen LogP contribution in [-0.2, 0) is 4.74 Å². The zero-order valence-electron chi connectivity index (χ0n) is 9.97. The van der Waals surface area contributed by atoms with E-state index >= 15 is 0 Å². The first kappa shape index (κ1) is 13.9. The second kappa shape index (κ2) is 6.51. The normalized spacial score (nSPS) is 12.2. The van der Waals surface area contributed by atoms with E-state index in [2.05, 4.69) is 4.74 Å². The summed E-state index contributed by atoms with van der Waals surface area (Å²) in [5, 5.41) is 9.12. The zero-order valence-corrected chi connectivity index (χ0v) is 10.8. The summed E-state index contributed by atoms with van der Waals surface area (Å²) in [5.74, 6) is -0.431. The number of aliphatic hydroxyl groups is 1. The van der Waals surface area contributed by atoms with Gasteiger partial charge in [0.2, 0.25) is 0 Å². The van der Waals surface area contributed by atoms with Crippen molar-refractivity contribution in [3.63, 3.8) is 0 Å². The maximum atomic E-state index is 11.4. The number of esters is 1. The van der Waals surface area contributed by atoms with Gasteiger partial charge in [0, 0.05) is 22.4 Å². The number of anilines is 1. The van der Waals surface area contributed by atoms with E-state index in [9.17, 15) is 4.79 Å². The summed E-state index contributed by atoms with van der Waals surface area (Å²) < 4.78 is 4.66. The molecule has 1 atom stereocenters. The minimum Gasteiger partial charge on any atom is -0.465 e. The fraction of sp³-hybridized carbons (Fsp3) is 0.417. The Morgan fingerprint density at radius 3 is 2.88 bits per heavy atom. The summed E-state index contributed by atoms with van der Waals surface area (Å²) in [4.78, 5) is 12.4. The third-order valence-corrected chi connectivity index (χ3v) is 3.47. The smallest absolute Gasteiger partial charge is 0.339 e. The van der Waals surface area contributed by atoms with Crippen molar-refractivity contribution in [2.45, 2.75) is 23.5 Å². The van der Waals surface area contributed by atoms with E-state index in [1.54, 1.807) is 23.9 Å². The third kappa shape index (κ3) is 3.94. The standard InChI is InChI=1S/C12H17NO3S/c1-8(5-6-14)17-9-3-4-11(13)10(7-9)12(15)16-2/h3-4,7-8,14H,5-6,13H2,1-2H3. The molecule has 1 aromatic rings. The molecule has 1 unspecified atom stereocenters. The summed E-state index contributed by atoms with van der Waals surface area (Å²) in [6.07, 6.45) is 0.711. The Morgan fingerprint density at radius 1 is 1.59 bits per heavy atom. The second-order valence-corrected chi connectivity index (χ2v) is 5.19. The van der Waals surface area contributed by atoms with Crippen LogP contribution >= 0.6 is 11.8 Å². The summed E-state index contributed by atoms with van der Waals surface area (Å²) >= 11 is 1.60. The Hall–Kier alpha value is -1.20. The topological polar surface area (TPSA) is 72.5 Å². The maximum Gasteiger partial charge on any atom is 0.339 e. The van der Waals surface area contributed by atoms with Crippen molar-refractivity contribution in [1.29, 1.82) is 0 Å². The lowest BCUT2D eigenvalue weighted by Crippen LogP contribution is -2.06. The minimum atomic E-state index is -0.431. The van der Waals surface area contributed by atoms with Crippen LogP contribution in [0.15, 0.2) is 23.1 Å². The van der Waals surface area contributed by atoms with Gasteiger partial charge in [0.25, 0.3) is 0 Å². The number of nitrogens with two attached hydrogens (primary N) is 1. The van der Waals surface area contributed by atoms with Gasteiger partial charge in [0.15, 0.2) is 0 Å². The quantitative estimate of drug-likeness (QED) is 0.478. The number of ether oxygens (including phenoxy) is 1. The summed E-state index contributed by atoms with van der Waals surface area (Å²) in [6.45, 7) is 2.18. The van der Waals surface area contributed by atoms with Gasteiger partial charge in [-0.25, -0.2) is 4.79 Å². The monoisotopic (exact) mass is 255 g/mol. The third-order valence-electron chi connectivity index (χ3n) is 2.30. The highest BCUT2D eigenvalue weighted by Crippen LogP contribution is 2.28. The molecule has 0 heterocycles. The number of carbonyl (C=O) groups excluding carboxylic acids is 1. The van der Waals surface area contributed by atoms with Gasteiger partial charge >= 0.3 is 5.97 Å². The van der Waals surface area contributed by atoms with Crippen LogP contribution in [0, 0.1) is 0 Å². The van der Waals surface area contributed by atoms with Crippen LogP contribution in [-0.4, -0.2) is 30.0 Å². The van der Waals surface area contributed by atoms with Gasteiger partial charge in [0.1, 0.15) is 0 Å². The van der Waals surface area contributed by atoms with Crippen LogP contribution in [0.4, 0.5) is 5.69 Å². The van der Waals surface area contributed by atoms with Crippen molar-refractivity contribution in [1.82, 2.24) is 0 Å². The van der Waals surface area contributed by atoms with Crippen molar-refractivity contribution in [2.75, 3.05) is 19.5 Å². The van der Waals surface area contributed by atoms with E-state index in [0.717, 1.165) is 4.90 Å². The second-order valence-electron chi connectivity index (χ2n) is 3.68. The molecule has 1 aromatic carbocycles. The number of methoxy groups -OCH3 is 1. The molecule has 5 heteroatoms. The first-order valence-corrected chi connectivity index (χ1v) is 6.21. The summed E-state index contributed by atoms with van der Waals surface area (Å²) in [6, 6.07) is 5.28. The Morgan fingerprint density at radius 2 is 2.29 bits per heavy atom. The van der Waals surface area contributed by atoms with Gasteiger partial charge in [-0.05, 0) is 24.6 Å². The number of aliphatic hydroxyl groups excluding tert-OH is 1. The van der Waals surface area contributed by atoms with Crippen molar-refractivity contribution in [3.05, 3.63) is 23.8 Å². The molecule has 0 aliphatic heterocycles. The van der Waals surface area contributed by atoms with Crippen LogP contribution in [0.3, 0.4) is 0 Å². The number of thioether (sulfide) groups is 1. The average molecular weight is 255 g/mol. The van der Waals surface area contributed by atoms with E-state index in [4.69, 9.17) is 10.8 Å². The van der Waals surface area contributed by atoms with Gasteiger partial charge in [-0.3, -0.25) is 0 Å². The number of hydrogen-bond acceptors (Lipinski definition) is 5. The zero-order chi connectivity index (χ0) is 12.8. The molecule has 94 valence electrons. The van der Waals surface area contributed by atoms with Crippen LogP contribution < -0.4 is 5.73 Å². The Bertz CT molecular complexity index is 395. The molecule has 0 radical (unpaired) electrons. The van der Waals surface area contributed by atoms with Gasteiger partial charge in [-0.2, -0.15) is 0 Å². The molecule has 3 N–H and O–H groups in total. The van der Waals surface area contributed by atoms with Crippen LogP contribution in [0.1, 0.15) is 23.7 Å². The molecule has 0 fully saturated rings. The fourth-order valence-corrected chi connectivity index (χ4v) is 2.39. The molecule has 0 amide bonds. The van der Waals surface area contributed by atoms with Crippen molar-refractivity contribution >= 4 is 23.4 Å². The van der Waals surface area contributed by atoms with E-state index in [1.807, 2.05) is 13.0 Å². The lowest BCUT2D eigenvalue weighted by Gasteiger charge is -2.11. The molecular formula is C12H17NO3S. The minimum absolute atomic E-state index is 0.160. The molecule has 17 heavy (non-hydrogen) atoms. The Labute approximate surface area is 105 Å². The molecule has 0 bridgehead atoms. The van der Waals surface area contributed by atoms with Crippen LogP contribution in [0.5, 0.6) is 0 Å². The highest BCUT2D eigenvalue weighted by atomic mass is 32.2. The molecule has 0 aromatic heterocycles. The van der Waals surface area contributed by atoms with E-state index in [0.29, 0.717) is 17.7 Å². The first-order chi connectivity index (χ1) is 8.08. The van der Waals surface area contributed by atoms with Crippen molar-refractivity contribution in [3.8, 4) is 0 Å². The maximum absolute atomic E-state index is 11.4. The number of benzene rings is 1. The molecule has 0 aliphatic rings. The first-order valence-electron chi connectivity index (χ1n) is 5.33. The van der Waals surface area contributed by atoms with E-state index in [1.165, 1.54) is 7.11 Å². The molecule has 1 rings (SSSR count).